The molecule has 0 aromatic heterocycles. The smallest absolute Gasteiger partial charge is 0.0352 e. The van der Waals surface area contributed by atoms with Crippen molar-refractivity contribution in [3.05, 3.63) is 28.8 Å². The highest BCUT2D eigenvalue weighted by molar-refractivity contribution is 5.55. The molecular formula is C17H28N2. The standard InChI is InChI=1S/C15H22N2.C2H6/c1-10-6-12-7-14(11-4-3-5-11)15(16)8-13(12)9-17(10)2;1-2/h7-8,10-11H,3-6,9,16H2,1-2H3;1-2H3. The molecule has 1 heterocycles. The van der Waals surface area contributed by atoms with Gasteiger partial charge in [0, 0.05) is 18.3 Å². The molecule has 1 saturated carbocycles. The first-order chi connectivity index (χ1) is 9.15. The van der Waals surface area contributed by atoms with E-state index in [4.69, 9.17) is 5.73 Å². The van der Waals surface area contributed by atoms with Gasteiger partial charge in [-0.2, -0.15) is 0 Å². The van der Waals surface area contributed by atoms with Crippen molar-refractivity contribution in [2.45, 2.75) is 65.0 Å². The molecule has 1 aliphatic carbocycles. The van der Waals surface area contributed by atoms with Gasteiger partial charge < -0.3 is 5.73 Å². The summed E-state index contributed by atoms with van der Waals surface area (Å²) in [6.07, 6.45) is 5.21. The predicted molar refractivity (Wildman–Crippen MR) is 83.4 cm³/mol. The largest absolute Gasteiger partial charge is 0.398 e. The molecule has 106 valence electrons. The number of nitrogens with zero attached hydrogens (tertiary/aromatic N) is 1. The lowest BCUT2D eigenvalue weighted by Crippen LogP contribution is -2.35. The molecule has 2 aliphatic rings. The third-order valence-corrected chi connectivity index (χ3v) is 4.64. The van der Waals surface area contributed by atoms with Crippen molar-refractivity contribution in [1.82, 2.24) is 4.90 Å². The topological polar surface area (TPSA) is 29.3 Å². The lowest BCUT2D eigenvalue weighted by molar-refractivity contribution is 0.231. The molecule has 2 heteroatoms. The summed E-state index contributed by atoms with van der Waals surface area (Å²) in [6.45, 7) is 7.36. The number of rotatable bonds is 1. The summed E-state index contributed by atoms with van der Waals surface area (Å²) in [5.74, 6) is 0.746. The molecule has 2 nitrogen and oxygen atoms in total. The van der Waals surface area contributed by atoms with Crippen molar-refractivity contribution in [1.29, 1.82) is 0 Å². The minimum absolute atomic E-state index is 0.653. The monoisotopic (exact) mass is 260 g/mol. The minimum Gasteiger partial charge on any atom is -0.398 e. The van der Waals surface area contributed by atoms with E-state index in [0.717, 1.165) is 18.2 Å². The van der Waals surface area contributed by atoms with Crippen LogP contribution in [0.5, 0.6) is 0 Å². The van der Waals surface area contributed by atoms with Crippen LogP contribution in [0, 0.1) is 0 Å². The molecule has 3 rings (SSSR count). The zero-order valence-electron chi connectivity index (χ0n) is 12.9. The fourth-order valence-corrected chi connectivity index (χ4v) is 3.04. The Kier molecular flexibility index (Phi) is 4.51. The third kappa shape index (κ3) is 2.79. The summed E-state index contributed by atoms with van der Waals surface area (Å²) in [7, 11) is 2.20. The van der Waals surface area contributed by atoms with Gasteiger partial charge in [-0.3, -0.25) is 4.90 Å². The lowest BCUT2D eigenvalue weighted by Gasteiger charge is -2.34. The third-order valence-electron chi connectivity index (χ3n) is 4.64. The fraction of sp³-hybridized carbons (Fsp3) is 0.647. The number of nitrogen functional groups attached to an aromatic ring is 1. The van der Waals surface area contributed by atoms with Crippen LogP contribution in [-0.2, 0) is 13.0 Å². The Balaban J connectivity index is 0.000000637. The van der Waals surface area contributed by atoms with Gasteiger partial charge in [-0.05, 0) is 61.9 Å². The second kappa shape index (κ2) is 5.96. The maximum Gasteiger partial charge on any atom is 0.0352 e. The van der Waals surface area contributed by atoms with Crippen molar-refractivity contribution >= 4 is 5.69 Å². The van der Waals surface area contributed by atoms with Crippen molar-refractivity contribution in [2.75, 3.05) is 12.8 Å². The Morgan fingerprint density at radius 2 is 1.84 bits per heavy atom. The van der Waals surface area contributed by atoms with Gasteiger partial charge in [0.2, 0.25) is 0 Å². The van der Waals surface area contributed by atoms with Gasteiger partial charge in [0.25, 0.3) is 0 Å². The first-order valence-corrected chi connectivity index (χ1v) is 7.76. The highest BCUT2D eigenvalue weighted by atomic mass is 15.1. The van der Waals surface area contributed by atoms with Crippen LogP contribution in [0.2, 0.25) is 0 Å². The average molecular weight is 260 g/mol. The number of hydrogen-bond acceptors (Lipinski definition) is 2. The highest BCUT2D eigenvalue weighted by Gasteiger charge is 2.25. The SMILES string of the molecule is CC.CC1Cc2cc(C3CCC3)c(N)cc2CN1C. The molecule has 0 amide bonds. The zero-order valence-corrected chi connectivity index (χ0v) is 12.9. The summed E-state index contributed by atoms with van der Waals surface area (Å²) >= 11 is 0. The van der Waals surface area contributed by atoms with Crippen LogP contribution in [0.15, 0.2) is 12.1 Å². The first-order valence-electron chi connectivity index (χ1n) is 7.76. The van der Waals surface area contributed by atoms with Gasteiger partial charge in [-0.1, -0.05) is 26.3 Å². The second-order valence-electron chi connectivity index (χ2n) is 5.85. The summed E-state index contributed by atoms with van der Waals surface area (Å²) < 4.78 is 0. The second-order valence-corrected chi connectivity index (χ2v) is 5.85. The number of fused-ring (bicyclic) bond motifs is 1. The van der Waals surface area contributed by atoms with E-state index in [-0.39, 0.29) is 0 Å². The zero-order chi connectivity index (χ0) is 14.0. The van der Waals surface area contributed by atoms with E-state index in [2.05, 4.69) is 31.0 Å². The molecule has 0 saturated heterocycles. The molecule has 1 fully saturated rings. The lowest BCUT2D eigenvalue weighted by atomic mass is 9.77. The minimum atomic E-state index is 0.653. The van der Waals surface area contributed by atoms with Crippen LogP contribution in [0.3, 0.4) is 0 Å². The molecule has 0 bridgehead atoms. The van der Waals surface area contributed by atoms with Crippen molar-refractivity contribution in [2.24, 2.45) is 0 Å². The van der Waals surface area contributed by atoms with Crippen LogP contribution >= 0.6 is 0 Å². The van der Waals surface area contributed by atoms with E-state index in [0.29, 0.717) is 6.04 Å². The van der Waals surface area contributed by atoms with Gasteiger partial charge in [0.05, 0.1) is 0 Å². The first kappa shape index (κ1) is 14.4. The molecular weight excluding hydrogens is 232 g/mol. The van der Waals surface area contributed by atoms with E-state index in [1.165, 1.54) is 42.4 Å². The number of hydrogen-bond donors (Lipinski definition) is 1. The van der Waals surface area contributed by atoms with E-state index in [9.17, 15) is 0 Å². The Labute approximate surface area is 118 Å². The number of nitrogens with two attached hydrogens (primary N) is 1. The molecule has 1 aromatic carbocycles. The van der Waals surface area contributed by atoms with Crippen molar-refractivity contribution in [3.8, 4) is 0 Å². The Bertz CT molecular complexity index is 435. The van der Waals surface area contributed by atoms with Gasteiger partial charge >= 0.3 is 0 Å². The maximum atomic E-state index is 6.22. The Morgan fingerprint density at radius 1 is 1.16 bits per heavy atom. The van der Waals surface area contributed by atoms with Gasteiger partial charge in [0.15, 0.2) is 0 Å². The van der Waals surface area contributed by atoms with Crippen LogP contribution in [0.4, 0.5) is 5.69 Å². The van der Waals surface area contributed by atoms with Crippen molar-refractivity contribution in [3.63, 3.8) is 0 Å². The Hall–Kier alpha value is -1.02. The predicted octanol–water partition coefficient (Wildman–Crippen LogP) is 3.94. The summed E-state index contributed by atoms with van der Waals surface area (Å²) in [4.78, 5) is 2.41. The van der Waals surface area contributed by atoms with Gasteiger partial charge in [0.1, 0.15) is 0 Å². The molecule has 1 unspecified atom stereocenters. The summed E-state index contributed by atoms with van der Waals surface area (Å²) in [5, 5.41) is 0. The number of benzene rings is 1. The maximum absolute atomic E-state index is 6.22. The van der Waals surface area contributed by atoms with Gasteiger partial charge in [-0.15, -0.1) is 0 Å². The van der Waals surface area contributed by atoms with E-state index in [1.54, 1.807) is 0 Å². The molecule has 2 N–H and O–H groups in total. The Morgan fingerprint density at radius 3 is 2.42 bits per heavy atom. The van der Waals surface area contributed by atoms with Crippen LogP contribution < -0.4 is 5.73 Å². The van der Waals surface area contributed by atoms with Crippen molar-refractivity contribution < 1.29 is 0 Å². The van der Waals surface area contributed by atoms with E-state index >= 15 is 0 Å². The quantitative estimate of drug-likeness (QED) is 0.775. The summed E-state index contributed by atoms with van der Waals surface area (Å²) in [6, 6.07) is 5.28. The van der Waals surface area contributed by atoms with E-state index < -0.39 is 0 Å². The molecule has 19 heavy (non-hydrogen) atoms. The van der Waals surface area contributed by atoms with Crippen LogP contribution in [0.1, 0.15) is 62.6 Å². The molecule has 0 radical (unpaired) electrons. The van der Waals surface area contributed by atoms with Crippen LogP contribution in [0.25, 0.3) is 0 Å². The highest BCUT2D eigenvalue weighted by Crippen LogP contribution is 2.40. The molecule has 0 spiro atoms. The molecule has 1 aromatic rings. The fourth-order valence-electron chi connectivity index (χ4n) is 3.04. The summed E-state index contributed by atoms with van der Waals surface area (Å²) in [5.41, 5.74) is 11.6. The molecule has 1 atom stereocenters. The normalized spacial score (nSPS) is 23.1. The molecule has 1 aliphatic heterocycles. The number of likely N-dealkylation sites (N-methyl/N-ethyl adjacent to an activating group) is 1. The number of anilines is 1. The van der Waals surface area contributed by atoms with Gasteiger partial charge in [-0.25, -0.2) is 0 Å². The average Bonchev–Trinajstić information content (AvgIpc) is 2.33. The van der Waals surface area contributed by atoms with E-state index in [1.807, 2.05) is 13.8 Å². The van der Waals surface area contributed by atoms with Crippen LogP contribution in [-0.4, -0.2) is 18.0 Å².